The monoisotopic (exact) mass is 251 g/mol. The SMILES string of the molecule is CC1OCCC1n1c(CCl)nc2cnccc21. The van der Waals surface area contributed by atoms with Gasteiger partial charge in [0.2, 0.25) is 0 Å². The van der Waals surface area contributed by atoms with Crippen LogP contribution >= 0.6 is 11.6 Å². The number of nitrogens with zero attached hydrogens (tertiary/aromatic N) is 3. The summed E-state index contributed by atoms with van der Waals surface area (Å²) in [6.45, 7) is 2.90. The Morgan fingerprint density at radius 1 is 1.59 bits per heavy atom. The largest absolute Gasteiger partial charge is 0.376 e. The molecule has 1 aliphatic heterocycles. The molecule has 0 N–H and O–H groups in total. The van der Waals surface area contributed by atoms with Crippen molar-refractivity contribution in [2.45, 2.75) is 31.4 Å². The first-order chi connectivity index (χ1) is 8.31. The zero-order valence-electron chi connectivity index (χ0n) is 9.64. The second-order valence-electron chi connectivity index (χ2n) is 4.33. The van der Waals surface area contributed by atoms with Gasteiger partial charge in [-0.15, -0.1) is 11.6 Å². The summed E-state index contributed by atoms with van der Waals surface area (Å²) in [7, 11) is 0. The van der Waals surface area contributed by atoms with Crippen LogP contribution in [0.5, 0.6) is 0 Å². The van der Waals surface area contributed by atoms with E-state index in [1.54, 1.807) is 12.4 Å². The van der Waals surface area contributed by atoms with E-state index in [2.05, 4.69) is 21.5 Å². The van der Waals surface area contributed by atoms with Gasteiger partial charge in [-0.2, -0.15) is 0 Å². The van der Waals surface area contributed by atoms with E-state index < -0.39 is 0 Å². The predicted octanol–water partition coefficient (Wildman–Crippen LogP) is 2.52. The maximum Gasteiger partial charge on any atom is 0.125 e. The number of fused-ring (bicyclic) bond motifs is 1. The molecule has 2 aromatic heterocycles. The first-order valence-electron chi connectivity index (χ1n) is 5.79. The molecule has 2 atom stereocenters. The van der Waals surface area contributed by atoms with Gasteiger partial charge in [0.05, 0.1) is 29.7 Å². The number of ether oxygens (including phenoxy) is 1. The minimum Gasteiger partial charge on any atom is -0.376 e. The Labute approximate surface area is 105 Å². The molecule has 4 nitrogen and oxygen atoms in total. The van der Waals surface area contributed by atoms with Gasteiger partial charge in [0.1, 0.15) is 11.3 Å². The van der Waals surface area contributed by atoms with Crippen molar-refractivity contribution in [3.05, 3.63) is 24.3 Å². The fraction of sp³-hybridized carbons (Fsp3) is 0.500. The normalized spacial score (nSPS) is 24.6. The van der Waals surface area contributed by atoms with Gasteiger partial charge in [-0.3, -0.25) is 4.98 Å². The van der Waals surface area contributed by atoms with E-state index in [0.29, 0.717) is 11.9 Å². The van der Waals surface area contributed by atoms with E-state index in [1.807, 2.05) is 6.07 Å². The lowest BCUT2D eigenvalue weighted by atomic mass is 10.1. The second kappa shape index (κ2) is 4.27. The highest BCUT2D eigenvalue weighted by atomic mass is 35.5. The molecule has 0 aliphatic carbocycles. The summed E-state index contributed by atoms with van der Waals surface area (Å²) in [5.41, 5.74) is 2.00. The molecule has 0 amide bonds. The van der Waals surface area contributed by atoms with Crippen LogP contribution in [0.3, 0.4) is 0 Å². The molecule has 2 aromatic rings. The molecular formula is C12H14ClN3O. The highest BCUT2D eigenvalue weighted by molar-refractivity contribution is 6.16. The van der Waals surface area contributed by atoms with Gasteiger partial charge in [0.15, 0.2) is 0 Å². The number of hydrogen-bond acceptors (Lipinski definition) is 3. The minimum absolute atomic E-state index is 0.211. The Hall–Kier alpha value is -1.13. The quantitative estimate of drug-likeness (QED) is 0.770. The number of rotatable bonds is 2. The summed E-state index contributed by atoms with van der Waals surface area (Å²) in [6, 6.07) is 2.32. The van der Waals surface area contributed by atoms with Gasteiger partial charge in [0, 0.05) is 12.8 Å². The van der Waals surface area contributed by atoms with Gasteiger partial charge in [0.25, 0.3) is 0 Å². The summed E-state index contributed by atoms with van der Waals surface area (Å²) in [5, 5.41) is 0. The van der Waals surface area contributed by atoms with Crippen LogP contribution in [0.1, 0.15) is 25.2 Å². The number of hydrogen-bond donors (Lipinski definition) is 0. The van der Waals surface area contributed by atoms with Crippen LogP contribution in [0.4, 0.5) is 0 Å². The van der Waals surface area contributed by atoms with Crippen molar-refractivity contribution >= 4 is 22.6 Å². The Balaban J connectivity index is 2.18. The molecule has 3 heterocycles. The van der Waals surface area contributed by atoms with E-state index in [1.165, 1.54) is 0 Å². The van der Waals surface area contributed by atoms with Crippen LogP contribution in [-0.2, 0) is 10.6 Å². The van der Waals surface area contributed by atoms with Crippen molar-refractivity contribution in [1.82, 2.24) is 14.5 Å². The number of imidazole rings is 1. The zero-order valence-corrected chi connectivity index (χ0v) is 10.4. The number of alkyl halides is 1. The van der Waals surface area contributed by atoms with Crippen molar-refractivity contribution in [2.24, 2.45) is 0 Å². The molecule has 17 heavy (non-hydrogen) atoms. The highest BCUT2D eigenvalue weighted by Gasteiger charge is 2.29. The zero-order chi connectivity index (χ0) is 11.8. The Bertz CT molecular complexity index is 540. The van der Waals surface area contributed by atoms with Crippen molar-refractivity contribution in [2.75, 3.05) is 6.61 Å². The van der Waals surface area contributed by atoms with Gasteiger partial charge in [-0.25, -0.2) is 4.98 Å². The summed E-state index contributed by atoms with van der Waals surface area (Å²) in [6.07, 6.45) is 4.79. The molecular weight excluding hydrogens is 238 g/mol. The maximum absolute atomic E-state index is 5.99. The molecule has 5 heteroatoms. The highest BCUT2D eigenvalue weighted by Crippen LogP contribution is 2.31. The Kier molecular flexibility index (Phi) is 2.76. The van der Waals surface area contributed by atoms with Gasteiger partial charge in [-0.05, 0) is 19.4 Å². The van der Waals surface area contributed by atoms with E-state index in [4.69, 9.17) is 16.3 Å². The van der Waals surface area contributed by atoms with Crippen molar-refractivity contribution in [1.29, 1.82) is 0 Å². The minimum atomic E-state index is 0.211. The lowest BCUT2D eigenvalue weighted by molar-refractivity contribution is 0.108. The fourth-order valence-corrected chi connectivity index (χ4v) is 2.71. The number of pyridine rings is 1. The summed E-state index contributed by atoms with van der Waals surface area (Å²) in [5.74, 6) is 1.31. The first-order valence-corrected chi connectivity index (χ1v) is 6.33. The van der Waals surface area contributed by atoms with E-state index in [-0.39, 0.29) is 6.10 Å². The summed E-state index contributed by atoms with van der Waals surface area (Å²) >= 11 is 5.99. The fourth-order valence-electron chi connectivity index (χ4n) is 2.52. The van der Waals surface area contributed by atoms with Crippen LogP contribution in [-0.4, -0.2) is 27.2 Å². The van der Waals surface area contributed by atoms with Crippen LogP contribution in [0.15, 0.2) is 18.5 Å². The molecule has 3 rings (SSSR count). The molecule has 2 unspecified atom stereocenters. The third-order valence-corrected chi connectivity index (χ3v) is 3.59. The molecule has 0 bridgehead atoms. The van der Waals surface area contributed by atoms with Crippen molar-refractivity contribution < 1.29 is 4.74 Å². The van der Waals surface area contributed by atoms with E-state index >= 15 is 0 Å². The van der Waals surface area contributed by atoms with E-state index in [9.17, 15) is 0 Å². The Morgan fingerprint density at radius 2 is 2.47 bits per heavy atom. The van der Waals surface area contributed by atoms with Crippen LogP contribution in [0, 0.1) is 0 Å². The van der Waals surface area contributed by atoms with Crippen molar-refractivity contribution in [3.63, 3.8) is 0 Å². The molecule has 0 aromatic carbocycles. The number of halogens is 1. The maximum atomic E-state index is 5.99. The molecule has 0 spiro atoms. The molecule has 0 saturated carbocycles. The van der Waals surface area contributed by atoms with Crippen molar-refractivity contribution in [3.8, 4) is 0 Å². The van der Waals surface area contributed by atoms with Crippen LogP contribution in [0.2, 0.25) is 0 Å². The van der Waals surface area contributed by atoms with Gasteiger partial charge in [-0.1, -0.05) is 0 Å². The summed E-state index contributed by atoms with van der Waals surface area (Å²) < 4.78 is 7.84. The lowest BCUT2D eigenvalue weighted by Gasteiger charge is -2.18. The molecule has 1 fully saturated rings. The predicted molar refractivity (Wildman–Crippen MR) is 66.2 cm³/mol. The van der Waals surface area contributed by atoms with Crippen LogP contribution < -0.4 is 0 Å². The average Bonchev–Trinajstić information content (AvgIpc) is 2.91. The molecule has 0 radical (unpaired) electrons. The topological polar surface area (TPSA) is 39.9 Å². The molecule has 90 valence electrons. The van der Waals surface area contributed by atoms with Gasteiger partial charge >= 0.3 is 0 Å². The summed E-state index contributed by atoms with van der Waals surface area (Å²) in [4.78, 5) is 8.62. The van der Waals surface area contributed by atoms with Gasteiger partial charge < -0.3 is 9.30 Å². The first kappa shape index (κ1) is 11.0. The molecule has 1 aliphatic rings. The number of aromatic nitrogens is 3. The second-order valence-corrected chi connectivity index (χ2v) is 4.60. The van der Waals surface area contributed by atoms with Crippen LogP contribution in [0.25, 0.3) is 11.0 Å². The average molecular weight is 252 g/mol. The lowest BCUT2D eigenvalue weighted by Crippen LogP contribution is -2.18. The smallest absolute Gasteiger partial charge is 0.125 e. The van der Waals surface area contributed by atoms with E-state index in [0.717, 1.165) is 29.9 Å². The third kappa shape index (κ3) is 1.72. The Morgan fingerprint density at radius 3 is 3.18 bits per heavy atom. The third-order valence-electron chi connectivity index (χ3n) is 3.35. The standard InChI is InChI=1S/C12H14ClN3O/c1-8-10(3-5-17-8)16-11-2-4-14-7-9(11)15-12(16)6-13/h2,4,7-8,10H,3,5-6H2,1H3. The molecule has 1 saturated heterocycles.